The summed E-state index contributed by atoms with van der Waals surface area (Å²) in [4.78, 5) is 26.2. The number of likely N-dealkylation sites (tertiary alicyclic amines) is 1. The van der Waals surface area contributed by atoms with Gasteiger partial charge in [-0.25, -0.2) is 4.79 Å². The fourth-order valence-electron chi connectivity index (χ4n) is 3.27. The van der Waals surface area contributed by atoms with Gasteiger partial charge in [0, 0.05) is 25.6 Å². The molecule has 6 nitrogen and oxygen atoms in total. The lowest BCUT2D eigenvalue weighted by Gasteiger charge is -2.27. The van der Waals surface area contributed by atoms with Crippen molar-refractivity contribution in [1.29, 1.82) is 0 Å². The van der Waals surface area contributed by atoms with Crippen LogP contribution in [0.4, 0.5) is 4.79 Å². The normalized spacial score (nSPS) is 29.4. The van der Waals surface area contributed by atoms with E-state index in [-0.39, 0.29) is 24.6 Å². The maximum atomic E-state index is 12.3. The maximum absolute atomic E-state index is 12.3. The quantitative estimate of drug-likeness (QED) is 0.784. The van der Waals surface area contributed by atoms with Crippen molar-refractivity contribution in [3.63, 3.8) is 0 Å². The molecule has 0 spiro atoms. The Balaban J connectivity index is 1.97. The van der Waals surface area contributed by atoms with E-state index >= 15 is 0 Å². The van der Waals surface area contributed by atoms with E-state index in [1.54, 1.807) is 4.90 Å². The van der Waals surface area contributed by atoms with Crippen molar-refractivity contribution in [1.82, 2.24) is 9.80 Å². The molecular formula is C13H22N2O4. The number of amides is 2. The number of aliphatic carboxylic acids is 1. The molecule has 1 aliphatic heterocycles. The third kappa shape index (κ3) is 3.00. The van der Waals surface area contributed by atoms with Crippen LogP contribution in [0.5, 0.6) is 0 Å². The van der Waals surface area contributed by atoms with Crippen molar-refractivity contribution < 1.29 is 19.8 Å². The van der Waals surface area contributed by atoms with Crippen molar-refractivity contribution in [2.75, 3.05) is 26.2 Å². The maximum Gasteiger partial charge on any atom is 0.323 e. The van der Waals surface area contributed by atoms with Crippen molar-refractivity contribution >= 4 is 12.0 Å². The van der Waals surface area contributed by atoms with Gasteiger partial charge in [0.15, 0.2) is 0 Å². The number of urea groups is 1. The van der Waals surface area contributed by atoms with Crippen LogP contribution in [0, 0.1) is 11.8 Å². The van der Waals surface area contributed by atoms with E-state index in [4.69, 9.17) is 5.11 Å². The number of hydrogen-bond donors (Lipinski definition) is 2. The molecule has 108 valence electrons. The number of aliphatic hydroxyl groups excluding tert-OH is 1. The Morgan fingerprint density at radius 2 is 2.05 bits per heavy atom. The molecule has 1 saturated heterocycles. The molecule has 2 rings (SSSR count). The summed E-state index contributed by atoms with van der Waals surface area (Å²) in [5.74, 6) is -0.425. The van der Waals surface area contributed by atoms with Gasteiger partial charge in [0.2, 0.25) is 0 Å². The minimum atomic E-state index is -0.985. The van der Waals surface area contributed by atoms with Gasteiger partial charge in [-0.15, -0.1) is 0 Å². The molecule has 0 radical (unpaired) electrons. The molecule has 2 aliphatic rings. The summed E-state index contributed by atoms with van der Waals surface area (Å²) in [5.41, 5.74) is 0. The fourth-order valence-corrected chi connectivity index (χ4v) is 3.27. The smallest absolute Gasteiger partial charge is 0.323 e. The summed E-state index contributed by atoms with van der Waals surface area (Å²) < 4.78 is 0. The zero-order valence-corrected chi connectivity index (χ0v) is 11.3. The van der Waals surface area contributed by atoms with Crippen LogP contribution < -0.4 is 0 Å². The van der Waals surface area contributed by atoms with Crippen LogP contribution in [0.2, 0.25) is 0 Å². The molecule has 0 bridgehead atoms. The van der Waals surface area contributed by atoms with Crippen LogP contribution in [0.3, 0.4) is 0 Å². The molecule has 3 atom stereocenters. The predicted octanol–water partition coefficient (Wildman–Crippen LogP) is 0.606. The van der Waals surface area contributed by atoms with Gasteiger partial charge < -0.3 is 20.0 Å². The number of carbonyl (C=O) groups is 2. The molecule has 2 fully saturated rings. The fraction of sp³-hybridized carbons (Fsp3) is 0.846. The van der Waals surface area contributed by atoms with E-state index in [0.717, 1.165) is 19.3 Å². The molecule has 19 heavy (non-hydrogen) atoms. The molecular weight excluding hydrogens is 248 g/mol. The van der Waals surface area contributed by atoms with E-state index in [9.17, 15) is 14.7 Å². The summed E-state index contributed by atoms with van der Waals surface area (Å²) in [5, 5.41) is 18.7. The number of fused-ring (bicyclic) bond motifs is 1. The summed E-state index contributed by atoms with van der Waals surface area (Å²) in [6, 6.07) is -0.203. The van der Waals surface area contributed by atoms with Crippen LogP contribution >= 0.6 is 0 Å². The first-order valence-electron chi connectivity index (χ1n) is 6.96. The Labute approximate surface area is 113 Å². The molecule has 6 heteroatoms. The van der Waals surface area contributed by atoms with Crippen molar-refractivity contribution in [3.05, 3.63) is 0 Å². The third-order valence-electron chi connectivity index (χ3n) is 4.18. The second-order valence-corrected chi connectivity index (χ2v) is 5.57. The van der Waals surface area contributed by atoms with E-state index in [2.05, 4.69) is 0 Å². The minimum Gasteiger partial charge on any atom is -0.480 e. The second kappa shape index (κ2) is 5.77. The van der Waals surface area contributed by atoms with Crippen LogP contribution in [0.25, 0.3) is 0 Å². The molecule has 2 amide bonds. The Hall–Kier alpha value is -1.30. The van der Waals surface area contributed by atoms with Crippen LogP contribution in [0.15, 0.2) is 0 Å². The molecule has 1 saturated carbocycles. The van der Waals surface area contributed by atoms with E-state index in [1.165, 1.54) is 4.90 Å². The highest BCUT2D eigenvalue weighted by atomic mass is 16.4. The second-order valence-electron chi connectivity index (χ2n) is 5.57. The summed E-state index contributed by atoms with van der Waals surface area (Å²) in [6.07, 6.45) is 2.22. The van der Waals surface area contributed by atoms with Gasteiger partial charge in [0.25, 0.3) is 0 Å². The number of nitrogens with zero attached hydrogens (tertiary/aromatic N) is 2. The van der Waals surface area contributed by atoms with Crippen molar-refractivity contribution in [2.45, 2.75) is 32.3 Å². The van der Waals surface area contributed by atoms with Crippen LogP contribution in [-0.4, -0.2) is 64.3 Å². The largest absolute Gasteiger partial charge is 0.480 e. The molecule has 2 N–H and O–H groups in total. The van der Waals surface area contributed by atoms with Gasteiger partial charge >= 0.3 is 12.0 Å². The monoisotopic (exact) mass is 270 g/mol. The van der Waals surface area contributed by atoms with E-state index in [0.29, 0.717) is 25.6 Å². The standard InChI is InChI=1S/C13H22N2O4/c1-2-5-14(8-12(17)18)13(19)15-6-9-3-4-11(16)10(9)7-15/h9-11,16H,2-8H2,1H3,(H,17,18). The summed E-state index contributed by atoms with van der Waals surface area (Å²) >= 11 is 0. The van der Waals surface area contributed by atoms with Crippen molar-refractivity contribution in [3.8, 4) is 0 Å². The molecule has 1 aliphatic carbocycles. The Morgan fingerprint density at radius 1 is 1.32 bits per heavy atom. The number of carbonyl (C=O) groups excluding carboxylic acids is 1. The van der Waals surface area contributed by atoms with E-state index < -0.39 is 5.97 Å². The summed E-state index contributed by atoms with van der Waals surface area (Å²) in [7, 11) is 0. The molecule has 0 aromatic carbocycles. The summed E-state index contributed by atoms with van der Waals surface area (Å²) in [6.45, 7) is 3.34. The number of rotatable bonds is 4. The predicted molar refractivity (Wildman–Crippen MR) is 68.7 cm³/mol. The highest BCUT2D eigenvalue weighted by Gasteiger charge is 2.44. The first kappa shape index (κ1) is 14.1. The van der Waals surface area contributed by atoms with Gasteiger partial charge in [-0.1, -0.05) is 6.92 Å². The van der Waals surface area contributed by atoms with Gasteiger partial charge in [-0.05, 0) is 25.2 Å². The first-order valence-corrected chi connectivity index (χ1v) is 6.96. The SMILES string of the molecule is CCCN(CC(=O)O)C(=O)N1CC2CCC(O)C2C1. The number of carboxylic acids is 1. The molecule has 0 aromatic rings. The van der Waals surface area contributed by atoms with Crippen LogP contribution in [0.1, 0.15) is 26.2 Å². The molecule has 1 heterocycles. The Morgan fingerprint density at radius 3 is 2.63 bits per heavy atom. The average molecular weight is 270 g/mol. The lowest BCUT2D eigenvalue weighted by Crippen LogP contribution is -2.45. The van der Waals surface area contributed by atoms with Gasteiger partial charge in [0.1, 0.15) is 6.54 Å². The zero-order valence-electron chi connectivity index (χ0n) is 11.3. The third-order valence-corrected chi connectivity index (χ3v) is 4.18. The van der Waals surface area contributed by atoms with Gasteiger partial charge in [0.05, 0.1) is 6.10 Å². The van der Waals surface area contributed by atoms with Gasteiger partial charge in [-0.2, -0.15) is 0 Å². The highest BCUT2D eigenvalue weighted by Crippen LogP contribution is 2.38. The Bertz CT molecular complexity index is 361. The minimum absolute atomic E-state index is 0.178. The zero-order chi connectivity index (χ0) is 14.0. The topological polar surface area (TPSA) is 81.1 Å². The number of hydrogen-bond acceptors (Lipinski definition) is 3. The molecule has 0 aromatic heterocycles. The van der Waals surface area contributed by atoms with E-state index in [1.807, 2.05) is 6.92 Å². The highest BCUT2D eigenvalue weighted by molar-refractivity contribution is 5.80. The average Bonchev–Trinajstić information content (AvgIpc) is 2.90. The van der Waals surface area contributed by atoms with Gasteiger partial charge in [-0.3, -0.25) is 4.79 Å². The first-order chi connectivity index (χ1) is 9.02. The van der Waals surface area contributed by atoms with Crippen molar-refractivity contribution in [2.24, 2.45) is 11.8 Å². The number of aliphatic hydroxyl groups is 1. The lowest BCUT2D eigenvalue weighted by molar-refractivity contribution is -0.137. The number of carboxylic acid groups (broad SMARTS) is 1. The van der Waals surface area contributed by atoms with Crippen LogP contribution in [-0.2, 0) is 4.79 Å². The lowest BCUT2D eigenvalue weighted by atomic mass is 10.00. The Kier molecular flexibility index (Phi) is 4.29. The molecule has 3 unspecified atom stereocenters.